The highest BCUT2D eigenvalue weighted by Gasteiger charge is 2.30. The zero-order chi connectivity index (χ0) is 17.7. The van der Waals surface area contributed by atoms with Crippen molar-refractivity contribution < 1.29 is 27.5 Å². The minimum Gasteiger partial charge on any atom is -0.387 e. The van der Waals surface area contributed by atoms with Gasteiger partial charge in [0.05, 0.1) is 18.1 Å². The second kappa shape index (κ2) is 7.44. The van der Waals surface area contributed by atoms with Gasteiger partial charge in [0.2, 0.25) is 5.91 Å². The van der Waals surface area contributed by atoms with Crippen LogP contribution in [0.1, 0.15) is 22.8 Å². The molecule has 0 aliphatic rings. The molecule has 0 radical (unpaired) electrons. The molecule has 1 atom stereocenters. The van der Waals surface area contributed by atoms with Gasteiger partial charge in [0, 0.05) is 6.54 Å². The van der Waals surface area contributed by atoms with E-state index in [1.807, 2.05) is 0 Å². The Hall–Kier alpha value is -2.41. The SMILES string of the molecule is O=C(Cc1ccc(F)cc1)NC[C@H](O)c1cccc(C(F)(F)F)c1. The van der Waals surface area contributed by atoms with Crippen molar-refractivity contribution in [3.05, 3.63) is 71.0 Å². The highest BCUT2D eigenvalue weighted by molar-refractivity contribution is 5.78. The average Bonchev–Trinajstić information content (AvgIpc) is 2.54. The minimum atomic E-state index is -4.50. The van der Waals surface area contributed by atoms with Gasteiger partial charge in [-0.25, -0.2) is 4.39 Å². The van der Waals surface area contributed by atoms with E-state index in [0.717, 1.165) is 12.1 Å². The van der Waals surface area contributed by atoms with E-state index in [1.54, 1.807) is 0 Å². The number of carbonyl (C=O) groups is 1. The summed E-state index contributed by atoms with van der Waals surface area (Å²) in [7, 11) is 0. The van der Waals surface area contributed by atoms with E-state index in [4.69, 9.17) is 0 Å². The fourth-order valence-corrected chi connectivity index (χ4v) is 2.10. The highest BCUT2D eigenvalue weighted by atomic mass is 19.4. The number of halogens is 4. The Bertz CT molecular complexity index is 698. The van der Waals surface area contributed by atoms with Crippen LogP contribution >= 0.6 is 0 Å². The molecule has 2 rings (SSSR count). The van der Waals surface area contributed by atoms with Crippen molar-refractivity contribution in [1.29, 1.82) is 0 Å². The fraction of sp³-hybridized carbons (Fsp3) is 0.235. The Morgan fingerprint density at radius 3 is 2.42 bits per heavy atom. The van der Waals surface area contributed by atoms with Crippen molar-refractivity contribution in [2.24, 2.45) is 0 Å². The first-order valence-corrected chi connectivity index (χ1v) is 7.12. The molecule has 0 saturated heterocycles. The molecular formula is C17H15F4NO2. The lowest BCUT2D eigenvalue weighted by Crippen LogP contribution is -2.29. The van der Waals surface area contributed by atoms with Gasteiger partial charge in [-0.2, -0.15) is 13.2 Å². The number of amides is 1. The molecule has 1 amide bonds. The number of hydrogen-bond donors (Lipinski definition) is 2. The van der Waals surface area contributed by atoms with Crippen LogP contribution in [0, 0.1) is 5.82 Å². The molecule has 2 aromatic carbocycles. The zero-order valence-corrected chi connectivity index (χ0v) is 12.5. The van der Waals surface area contributed by atoms with Gasteiger partial charge in [0.1, 0.15) is 5.82 Å². The number of carbonyl (C=O) groups excluding carboxylic acids is 1. The molecule has 0 aromatic heterocycles. The molecule has 0 spiro atoms. The van der Waals surface area contributed by atoms with E-state index in [9.17, 15) is 27.5 Å². The lowest BCUT2D eigenvalue weighted by Gasteiger charge is -2.14. The molecule has 3 nitrogen and oxygen atoms in total. The normalized spacial score (nSPS) is 12.7. The summed E-state index contributed by atoms with van der Waals surface area (Å²) < 4.78 is 50.7. The second-order valence-electron chi connectivity index (χ2n) is 5.25. The summed E-state index contributed by atoms with van der Waals surface area (Å²) in [5, 5.41) is 12.4. The minimum absolute atomic E-state index is 0.0183. The molecule has 0 fully saturated rings. The van der Waals surface area contributed by atoms with Crippen LogP contribution in [0.25, 0.3) is 0 Å². The summed E-state index contributed by atoms with van der Waals surface area (Å²) in [6, 6.07) is 9.66. The van der Waals surface area contributed by atoms with Crippen LogP contribution in [0.2, 0.25) is 0 Å². The lowest BCUT2D eigenvalue weighted by atomic mass is 10.1. The second-order valence-corrected chi connectivity index (χ2v) is 5.25. The van der Waals surface area contributed by atoms with Gasteiger partial charge >= 0.3 is 6.18 Å². The molecular weight excluding hydrogens is 326 g/mol. The third-order valence-electron chi connectivity index (χ3n) is 3.37. The van der Waals surface area contributed by atoms with Crippen molar-refractivity contribution >= 4 is 5.91 Å². The number of hydrogen-bond acceptors (Lipinski definition) is 2. The van der Waals surface area contributed by atoms with Gasteiger partial charge in [0.15, 0.2) is 0 Å². The van der Waals surface area contributed by atoms with Gasteiger partial charge in [-0.3, -0.25) is 4.79 Å². The molecule has 0 heterocycles. The first-order valence-electron chi connectivity index (χ1n) is 7.12. The third kappa shape index (κ3) is 5.06. The standard InChI is InChI=1S/C17H15F4NO2/c18-14-6-4-11(5-7-14)8-16(24)22-10-15(23)12-2-1-3-13(9-12)17(19,20)21/h1-7,9,15,23H,8,10H2,(H,22,24)/t15-/m0/s1. The third-order valence-corrected chi connectivity index (χ3v) is 3.37. The predicted molar refractivity (Wildman–Crippen MR) is 79.5 cm³/mol. The summed E-state index contributed by atoms with van der Waals surface area (Å²) >= 11 is 0. The average molecular weight is 341 g/mol. The number of aliphatic hydroxyl groups is 1. The van der Waals surface area contributed by atoms with Crippen LogP contribution in [0.4, 0.5) is 17.6 Å². The number of rotatable bonds is 5. The van der Waals surface area contributed by atoms with Crippen LogP contribution in [0.3, 0.4) is 0 Å². The van der Waals surface area contributed by atoms with Crippen LogP contribution in [0.15, 0.2) is 48.5 Å². The Kier molecular flexibility index (Phi) is 5.56. The Balaban J connectivity index is 1.91. The van der Waals surface area contributed by atoms with Crippen LogP contribution < -0.4 is 5.32 Å². The smallest absolute Gasteiger partial charge is 0.387 e. The summed E-state index contributed by atoms with van der Waals surface area (Å²) in [6.07, 6.45) is -5.78. The quantitative estimate of drug-likeness (QED) is 0.821. The molecule has 24 heavy (non-hydrogen) atoms. The Labute approximate surface area is 135 Å². The van der Waals surface area contributed by atoms with E-state index in [0.29, 0.717) is 5.56 Å². The molecule has 0 aliphatic carbocycles. The van der Waals surface area contributed by atoms with Gasteiger partial charge in [-0.05, 0) is 35.4 Å². The molecule has 0 unspecified atom stereocenters. The first kappa shape index (κ1) is 17.9. The largest absolute Gasteiger partial charge is 0.416 e. The Morgan fingerprint density at radius 1 is 1.12 bits per heavy atom. The molecule has 128 valence electrons. The van der Waals surface area contributed by atoms with E-state index in [1.165, 1.54) is 36.4 Å². The first-order chi connectivity index (χ1) is 11.3. The van der Waals surface area contributed by atoms with Gasteiger partial charge in [-0.1, -0.05) is 24.3 Å². The highest BCUT2D eigenvalue weighted by Crippen LogP contribution is 2.30. The van der Waals surface area contributed by atoms with E-state index < -0.39 is 29.6 Å². The van der Waals surface area contributed by atoms with Crippen LogP contribution in [0.5, 0.6) is 0 Å². The van der Waals surface area contributed by atoms with Gasteiger partial charge < -0.3 is 10.4 Å². The van der Waals surface area contributed by atoms with E-state index in [-0.39, 0.29) is 18.5 Å². The van der Waals surface area contributed by atoms with Crippen LogP contribution in [-0.4, -0.2) is 17.6 Å². The molecule has 2 aromatic rings. The number of nitrogens with one attached hydrogen (secondary N) is 1. The summed E-state index contributed by atoms with van der Waals surface area (Å²) in [4.78, 5) is 11.8. The fourth-order valence-electron chi connectivity index (χ4n) is 2.10. The number of alkyl halides is 3. The monoisotopic (exact) mass is 341 g/mol. The molecule has 0 saturated carbocycles. The molecule has 2 N–H and O–H groups in total. The predicted octanol–water partition coefficient (Wildman–Crippen LogP) is 3.24. The van der Waals surface area contributed by atoms with Crippen molar-refractivity contribution in [3.8, 4) is 0 Å². The maximum absolute atomic E-state index is 12.8. The number of benzene rings is 2. The van der Waals surface area contributed by atoms with Crippen LogP contribution in [-0.2, 0) is 17.4 Å². The Morgan fingerprint density at radius 2 is 1.79 bits per heavy atom. The summed E-state index contributed by atoms with van der Waals surface area (Å²) in [5.41, 5.74) is -0.217. The lowest BCUT2D eigenvalue weighted by molar-refractivity contribution is -0.137. The van der Waals surface area contributed by atoms with Crippen molar-refractivity contribution in [1.82, 2.24) is 5.32 Å². The van der Waals surface area contributed by atoms with E-state index in [2.05, 4.69) is 5.32 Å². The molecule has 0 aliphatic heterocycles. The maximum Gasteiger partial charge on any atom is 0.416 e. The molecule has 7 heteroatoms. The van der Waals surface area contributed by atoms with Crippen molar-refractivity contribution in [3.63, 3.8) is 0 Å². The van der Waals surface area contributed by atoms with Gasteiger partial charge in [-0.15, -0.1) is 0 Å². The number of aliphatic hydroxyl groups excluding tert-OH is 1. The summed E-state index contributed by atoms with van der Waals surface area (Å²) in [6.45, 7) is -0.221. The van der Waals surface area contributed by atoms with E-state index >= 15 is 0 Å². The summed E-state index contributed by atoms with van der Waals surface area (Å²) in [5.74, 6) is -0.841. The maximum atomic E-state index is 12.8. The zero-order valence-electron chi connectivity index (χ0n) is 12.5. The van der Waals surface area contributed by atoms with Gasteiger partial charge in [0.25, 0.3) is 0 Å². The molecule has 0 bridgehead atoms. The van der Waals surface area contributed by atoms with Crippen molar-refractivity contribution in [2.45, 2.75) is 18.7 Å². The van der Waals surface area contributed by atoms with Crippen molar-refractivity contribution in [2.75, 3.05) is 6.54 Å². The topological polar surface area (TPSA) is 49.3 Å².